The third-order valence-corrected chi connectivity index (χ3v) is 6.62. The Kier molecular flexibility index (Phi) is 7.81. The first kappa shape index (κ1) is 23.8. The Hall–Kier alpha value is -3.37. The maximum absolute atomic E-state index is 5.95. The molecule has 0 spiro atoms. The van der Waals surface area contributed by atoms with Gasteiger partial charge in [-0.15, -0.1) is 0 Å². The average Bonchev–Trinajstić information content (AvgIpc) is 3.28. The van der Waals surface area contributed by atoms with Gasteiger partial charge < -0.3 is 14.8 Å². The molecule has 1 heterocycles. The lowest BCUT2D eigenvalue weighted by Crippen LogP contribution is -2.34. The smallest absolute Gasteiger partial charge is 0.174 e. The molecular formula is C30H33N3S. The van der Waals surface area contributed by atoms with Crippen LogP contribution >= 0.6 is 12.2 Å². The molecule has 0 amide bonds. The minimum atomic E-state index is 0.729. The zero-order chi connectivity index (χ0) is 23.9. The zero-order valence-electron chi connectivity index (χ0n) is 20.3. The quantitative estimate of drug-likeness (QED) is 0.279. The van der Waals surface area contributed by atoms with Gasteiger partial charge in [0.05, 0.1) is 6.54 Å². The SMILES string of the molecule is CCc1ccccc1NC(=S)N(Cc1ccccc1)Cc1cccn1Cc1ccc(C)cc1C. The topological polar surface area (TPSA) is 20.2 Å². The molecule has 174 valence electrons. The Morgan fingerprint density at radius 1 is 0.853 bits per heavy atom. The monoisotopic (exact) mass is 467 g/mol. The van der Waals surface area contributed by atoms with Crippen LogP contribution in [0.3, 0.4) is 0 Å². The summed E-state index contributed by atoms with van der Waals surface area (Å²) < 4.78 is 2.33. The summed E-state index contributed by atoms with van der Waals surface area (Å²) in [6.45, 7) is 8.84. The molecule has 34 heavy (non-hydrogen) atoms. The van der Waals surface area contributed by atoms with Crippen LogP contribution in [0, 0.1) is 13.8 Å². The molecule has 0 aliphatic heterocycles. The van der Waals surface area contributed by atoms with Gasteiger partial charge in [-0.3, -0.25) is 0 Å². The van der Waals surface area contributed by atoms with E-state index in [1.807, 2.05) is 0 Å². The summed E-state index contributed by atoms with van der Waals surface area (Å²) in [4.78, 5) is 2.25. The lowest BCUT2D eigenvalue weighted by atomic mass is 10.1. The van der Waals surface area contributed by atoms with E-state index in [1.165, 1.54) is 33.5 Å². The van der Waals surface area contributed by atoms with Crippen molar-refractivity contribution in [3.63, 3.8) is 0 Å². The standard InChI is InChI=1S/C30H33N3S/c1-4-26-13-8-9-15-29(26)31-30(34)33(20-25-11-6-5-7-12-25)22-28-14-10-18-32(28)21-27-17-16-23(2)19-24(27)3/h5-19H,4,20-22H2,1-3H3,(H,31,34). The van der Waals surface area contributed by atoms with Crippen LogP contribution in [0.4, 0.5) is 5.69 Å². The van der Waals surface area contributed by atoms with Crippen LogP contribution in [0.5, 0.6) is 0 Å². The first-order chi connectivity index (χ1) is 16.5. The first-order valence-corrected chi connectivity index (χ1v) is 12.3. The number of rotatable bonds is 8. The van der Waals surface area contributed by atoms with E-state index in [4.69, 9.17) is 12.2 Å². The molecule has 4 rings (SSSR count). The van der Waals surface area contributed by atoms with E-state index < -0.39 is 0 Å². The van der Waals surface area contributed by atoms with Crippen LogP contribution in [0.1, 0.15) is 40.4 Å². The molecule has 0 bridgehead atoms. The van der Waals surface area contributed by atoms with Gasteiger partial charge in [0.1, 0.15) is 0 Å². The summed E-state index contributed by atoms with van der Waals surface area (Å²) in [6, 6.07) is 29.9. The van der Waals surface area contributed by atoms with Gasteiger partial charge in [-0.25, -0.2) is 0 Å². The number of nitrogens with zero attached hydrogens (tertiary/aromatic N) is 2. The minimum absolute atomic E-state index is 0.729. The number of anilines is 1. The predicted octanol–water partition coefficient (Wildman–Crippen LogP) is 7.11. The number of para-hydroxylation sites is 1. The molecule has 0 radical (unpaired) electrons. The second-order valence-electron chi connectivity index (χ2n) is 8.84. The fourth-order valence-electron chi connectivity index (χ4n) is 4.30. The van der Waals surface area contributed by atoms with E-state index in [9.17, 15) is 0 Å². The third-order valence-electron chi connectivity index (χ3n) is 6.26. The molecule has 1 N–H and O–H groups in total. The number of thiocarbonyl (C=S) groups is 1. The van der Waals surface area contributed by atoms with Gasteiger partial charge in [-0.2, -0.15) is 0 Å². The normalized spacial score (nSPS) is 10.8. The molecule has 4 heteroatoms. The van der Waals surface area contributed by atoms with Crippen molar-refractivity contribution in [3.05, 3.63) is 125 Å². The Labute approximate surface area is 209 Å². The van der Waals surface area contributed by atoms with Gasteiger partial charge in [0.2, 0.25) is 0 Å². The maximum atomic E-state index is 5.95. The van der Waals surface area contributed by atoms with E-state index in [0.29, 0.717) is 0 Å². The van der Waals surface area contributed by atoms with Crippen molar-refractivity contribution in [2.75, 3.05) is 5.32 Å². The second-order valence-corrected chi connectivity index (χ2v) is 9.23. The summed E-state index contributed by atoms with van der Waals surface area (Å²) in [7, 11) is 0. The largest absolute Gasteiger partial charge is 0.345 e. The number of benzene rings is 3. The van der Waals surface area contributed by atoms with Gasteiger partial charge in [0.25, 0.3) is 0 Å². The van der Waals surface area contributed by atoms with Crippen LogP contribution in [-0.4, -0.2) is 14.6 Å². The molecule has 3 nitrogen and oxygen atoms in total. The molecule has 4 aromatic rings. The highest BCUT2D eigenvalue weighted by molar-refractivity contribution is 7.80. The lowest BCUT2D eigenvalue weighted by molar-refractivity contribution is 0.399. The molecule has 0 aliphatic rings. The van der Waals surface area contributed by atoms with Crippen LogP contribution in [0.15, 0.2) is 91.1 Å². The van der Waals surface area contributed by atoms with Gasteiger partial charge in [0, 0.05) is 30.7 Å². The van der Waals surface area contributed by atoms with Crippen molar-refractivity contribution < 1.29 is 0 Å². The highest BCUT2D eigenvalue weighted by Crippen LogP contribution is 2.20. The van der Waals surface area contributed by atoms with Crippen molar-refractivity contribution in [1.29, 1.82) is 0 Å². The van der Waals surface area contributed by atoms with Gasteiger partial charge >= 0.3 is 0 Å². The van der Waals surface area contributed by atoms with E-state index >= 15 is 0 Å². The van der Waals surface area contributed by atoms with Crippen molar-refractivity contribution in [2.24, 2.45) is 0 Å². The number of hydrogen-bond donors (Lipinski definition) is 1. The van der Waals surface area contributed by atoms with Crippen LogP contribution in [0.25, 0.3) is 0 Å². The summed E-state index contributed by atoms with van der Waals surface area (Å²) in [5.41, 5.74) is 8.80. The molecule has 0 fully saturated rings. The molecule has 3 aromatic carbocycles. The van der Waals surface area contributed by atoms with Crippen LogP contribution in [0.2, 0.25) is 0 Å². The van der Waals surface area contributed by atoms with Crippen LogP contribution in [-0.2, 0) is 26.1 Å². The molecule has 0 atom stereocenters. The highest BCUT2D eigenvalue weighted by atomic mass is 32.1. The Morgan fingerprint density at radius 3 is 2.38 bits per heavy atom. The van der Waals surface area contributed by atoms with Gasteiger partial charge in [-0.05, 0) is 72.9 Å². The Bertz CT molecular complexity index is 1240. The summed E-state index contributed by atoms with van der Waals surface area (Å²) in [6.07, 6.45) is 3.13. The van der Waals surface area contributed by atoms with E-state index in [2.05, 4.69) is 127 Å². The molecule has 0 aliphatic carbocycles. The Morgan fingerprint density at radius 2 is 1.62 bits per heavy atom. The molecule has 0 saturated carbocycles. The average molecular weight is 468 g/mol. The maximum Gasteiger partial charge on any atom is 0.174 e. The molecular weight excluding hydrogens is 434 g/mol. The third kappa shape index (κ3) is 5.95. The van der Waals surface area contributed by atoms with E-state index in [1.54, 1.807) is 0 Å². The summed E-state index contributed by atoms with van der Waals surface area (Å²) in [5.74, 6) is 0. The van der Waals surface area contributed by atoms with Gasteiger partial charge in [-0.1, -0.05) is 79.2 Å². The van der Waals surface area contributed by atoms with Crippen molar-refractivity contribution >= 4 is 23.0 Å². The number of hydrogen-bond acceptors (Lipinski definition) is 1. The van der Waals surface area contributed by atoms with E-state index in [-0.39, 0.29) is 0 Å². The Balaban J connectivity index is 1.58. The fourth-order valence-corrected chi connectivity index (χ4v) is 4.54. The van der Waals surface area contributed by atoms with Crippen LogP contribution < -0.4 is 5.32 Å². The van der Waals surface area contributed by atoms with E-state index in [0.717, 1.165) is 36.9 Å². The fraction of sp³-hybridized carbons (Fsp3) is 0.233. The number of aromatic nitrogens is 1. The summed E-state index contributed by atoms with van der Waals surface area (Å²) >= 11 is 5.95. The number of nitrogens with one attached hydrogen (secondary N) is 1. The number of aryl methyl sites for hydroxylation is 3. The second kappa shape index (κ2) is 11.2. The van der Waals surface area contributed by atoms with Crippen molar-refractivity contribution in [3.8, 4) is 0 Å². The lowest BCUT2D eigenvalue weighted by Gasteiger charge is -2.27. The van der Waals surface area contributed by atoms with Crippen molar-refractivity contribution in [2.45, 2.75) is 46.8 Å². The molecule has 0 unspecified atom stereocenters. The summed E-state index contributed by atoms with van der Waals surface area (Å²) in [5, 5.41) is 4.27. The highest BCUT2D eigenvalue weighted by Gasteiger charge is 2.15. The first-order valence-electron chi connectivity index (χ1n) is 11.9. The minimum Gasteiger partial charge on any atom is -0.345 e. The van der Waals surface area contributed by atoms with Crippen molar-refractivity contribution in [1.82, 2.24) is 9.47 Å². The predicted molar refractivity (Wildman–Crippen MR) is 147 cm³/mol. The molecule has 1 aromatic heterocycles. The zero-order valence-corrected chi connectivity index (χ0v) is 21.1. The van der Waals surface area contributed by atoms with Gasteiger partial charge in [0.15, 0.2) is 5.11 Å². The molecule has 0 saturated heterocycles.